The largest absolute Gasteiger partial charge is 0.352 e. The van der Waals surface area contributed by atoms with Crippen molar-refractivity contribution >= 4 is 23.3 Å². The number of nitrogens with two attached hydrogens (primary N) is 1. The number of carbonyl (C=O) groups excluding carboxylic acids is 2. The molecule has 0 fully saturated rings. The number of hydrogen-bond acceptors (Lipinski definition) is 4. The van der Waals surface area contributed by atoms with E-state index < -0.39 is 12.1 Å². The predicted octanol–water partition coefficient (Wildman–Crippen LogP) is 1.79. The lowest BCUT2D eigenvalue weighted by Crippen LogP contribution is -2.46. The minimum absolute atomic E-state index is 0.280. The lowest BCUT2D eigenvalue weighted by molar-refractivity contribution is -0.122. The van der Waals surface area contributed by atoms with Crippen molar-refractivity contribution in [3.05, 3.63) is 40.2 Å². The van der Waals surface area contributed by atoms with Crippen LogP contribution in [0.3, 0.4) is 0 Å². The number of urea groups is 1. The summed E-state index contributed by atoms with van der Waals surface area (Å²) in [7, 11) is 0. The van der Waals surface area contributed by atoms with Gasteiger partial charge in [-0.3, -0.25) is 4.79 Å². The SMILES string of the molecule is Cc1nc(-c2ccc(CNC(=O)C(C)NC(N)=O)cc2)cs1. The second-order valence-corrected chi connectivity index (χ2v) is 5.96. The lowest BCUT2D eigenvalue weighted by Gasteiger charge is -2.12. The summed E-state index contributed by atoms with van der Waals surface area (Å²) >= 11 is 1.61. The number of primary amides is 1. The van der Waals surface area contributed by atoms with Crippen LogP contribution >= 0.6 is 11.3 Å². The molecule has 1 unspecified atom stereocenters. The fourth-order valence-electron chi connectivity index (χ4n) is 1.91. The van der Waals surface area contributed by atoms with E-state index in [-0.39, 0.29) is 5.91 Å². The average molecular weight is 318 g/mol. The van der Waals surface area contributed by atoms with Crippen LogP contribution in [0.4, 0.5) is 4.79 Å². The van der Waals surface area contributed by atoms with Crippen molar-refractivity contribution in [3.63, 3.8) is 0 Å². The van der Waals surface area contributed by atoms with Crippen LogP contribution in [0.1, 0.15) is 17.5 Å². The first kappa shape index (κ1) is 16.0. The standard InChI is InChI=1S/C15H18N4O2S/c1-9(18-15(16)21)14(20)17-7-11-3-5-12(6-4-11)13-8-22-10(2)19-13/h3-6,8-9H,7H2,1-2H3,(H,17,20)(H3,16,18,21). The van der Waals surface area contributed by atoms with Gasteiger partial charge in [-0.05, 0) is 19.4 Å². The van der Waals surface area contributed by atoms with E-state index in [4.69, 9.17) is 5.73 Å². The van der Waals surface area contributed by atoms with Crippen molar-refractivity contribution in [2.75, 3.05) is 0 Å². The van der Waals surface area contributed by atoms with E-state index in [0.717, 1.165) is 21.8 Å². The summed E-state index contributed by atoms with van der Waals surface area (Å²) < 4.78 is 0. The average Bonchev–Trinajstić information content (AvgIpc) is 2.91. The molecule has 0 saturated carbocycles. The molecule has 0 aliphatic heterocycles. The van der Waals surface area contributed by atoms with Crippen LogP contribution in [-0.4, -0.2) is 23.0 Å². The van der Waals surface area contributed by atoms with Gasteiger partial charge >= 0.3 is 6.03 Å². The van der Waals surface area contributed by atoms with E-state index in [2.05, 4.69) is 15.6 Å². The predicted molar refractivity (Wildman–Crippen MR) is 86.3 cm³/mol. The molecular weight excluding hydrogens is 300 g/mol. The Hall–Kier alpha value is -2.41. The van der Waals surface area contributed by atoms with Gasteiger partial charge in [0.15, 0.2) is 0 Å². The van der Waals surface area contributed by atoms with Crippen molar-refractivity contribution in [2.24, 2.45) is 5.73 Å². The number of aryl methyl sites for hydroxylation is 1. The molecule has 0 saturated heterocycles. The third kappa shape index (κ3) is 4.29. The molecule has 1 aromatic heterocycles. The Morgan fingerprint density at radius 3 is 2.55 bits per heavy atom. The fourth-order valence-corrected chi connectivity index (χ4v) is 2.53. The summed E-state index contributed by atoms with van der Waals surface area (Å²) in [6, 6.07) is 6.45. The summed E-state index contributed by atoms with van der Waals surface area (Å²) in [5.41, 5.74) is 7.95. The van der Waals surface area contributed by atoms with Crippen LogP contribution in [0.15, 0.2) is 29.6 Å². The molecule has 6 nitrogen and oxygen atoms in total. The van der Waals surface area contributed by atoms with Gasteiger partial charge in [0.1, 0.15) is 6.04 Å². The molecule has 116 valence electrons. The highest BCUT2D eigenvalue weighted by molar-refractivity contribution is 7.09. The normalized spacial score (nSPS) is 11.7. The molecule has 1 aromatic carbocycles. The van der Waals surface area contributed by atoms with Crippen LogP contribution in [-0.2, 0) is 11.3 Å². The molecule has 0 bridgehead atoms. The first-order valence-electron chi connectivity index (χ1n) is 6.81. The maximum atomic E-state index is 11.8. The number of carbonyl (C=O) groups is 2. The maximum Gasteiger partial charge on any atom is 0.312 e. The molecule has 22 heavy (non-hydrogen) atoms. The summed E-state index contributed by atoms with van der Waals surface area (Å²) in [6.45, 7) is 3.94. The smallest absolute Gasteiger partial charge is 0.312 e. The Morgan fingerprint density at radius 2 is 2.00 bits per heavy atom. The summed E-state index contributed by atoms with van der Waals surface area (Å²) in [6.07, 6.45) is 0. The van der Waals surface area contributed by atoms with Gasteiger partial charge < -0.3 is 16.4 Å². The summed E-state index contributed by atoms with van der Waals surface area (Å²) in [5, 5.41) is 8.12. The quantitative estimate of drug-likeness (QED) is 0.784. The molecule has 1 heterocycles. The zero-order valence-electron chi connectivity index (χ0n) is 12.4. The van der Waals surface area contributed by atoms with E-state index in [0.29, 0.717) is 6.54 Å². The number of nitrogens with one attached hydrogen (secondary N) is 2. The minimum Gasteiger partial charge on any atom is -0.352 e. The number of benzene rings is 1. The minimum atomic E-state index is -0.717. The molecule has 7 heteroatoms. The van der Waals surface area contributed by atoms with Crippen molar-refractivity contribution in [2.45, 2.75) is 26.4 Å². The molecule has 0 radical (unpaired) electrons. The molecule has 0 spiro atoms. The topological polar surface area (TPSA) is 97.1 Å². The van der Waals surface area contributed by atoms with Crippen molar-refractivity contribution in [3.8, 4) is 11.3 Å². The van der Waals surface area contributed by atoms with Gasteiger partial charge in [0.25, 0.3) is 0 Å². The molecule has 2 aromatic rings. The van der Waals surface area contributed by atoms with Crippen LogP contribution in [0.25, 0.3) is 11.3 Å². The zero-order valence-corrected chi connectivity index (χ0v) is 13.2. The monoisotopic (exact) mass is 318 g/mol. The molecule has 0 aliphatic rings. The molecule has 3 amide bonds. The number of hydrogen-bond donors (Lipinski definition) is 3. The zero-order chi connectivity index (χ0) is 16.1. The fraction of sp³-hybridized carbons (Fsp3) is 0.267. The molecular formula is C15H18N4O2S. The summed E-state index contributed by atoms with van der Waals surface area (Å²) in [4.78, 5) is 26.9. The van der Waals surface area contributed by atoms with Crippen molar-refractivity contribution < 1.29 is 9.59 Å². The van der Waals surface area contributed by atoms with Gasteiger partial charge in [-0.1, -0.05) is 24.3 Å². The van der Waals surface area contributed by atoms with Gasteiger partial charge in [-0.2, -0.15) is 0 Å². The third-order valence-corrected chi connectivity index (χ3v) is 3.86. The van der Waals surface area contributed by atoms with Crippen LogP contribution < -0.4 is 16.4 Å². The highest BCUT2D eigenvalue weighted by Gasteiger charge is 2.13. The van der Waals surface area contributed by atoms with Crippen LogP contribution in [0.5, 0.6) is 0 Å². The maximum absolute atomic E-state index is 11.8. The first-order valence-corrected chi connectivity index (χ1v) is 7.69. The Bertz CT molecular complexity index is 666. The van der Waals surface area contributed by atoms with E-state index in [1.165, 1.54) is 0 Å². The lowest BCUT2D eigenvalue weighted by atomic mass is 10.1. The number of aromatic nitrogens is 1. The van der Waals surface area contributed by atoms with Gasteiger partial charge in [-0.15, -0.1) is 11.3 Å². The second-order valence-electron chi connectivity index (χ2n) is 4.90. The van der Waals surface area contributed by atoms with Crippen LogP contribution in [0, 0.1) is 6.92 Å². The van der Waals surface area contributed by atoms with Crippen molar-refractivity contribution in [1.29, 1.82) is 0 Å². The van der Waals surface area contributed by atoms with E-state index in [1.54, 1.807) is 18.3 Å². The Morgan fingerprint density at radius 1 is 1.32 bits per heavy atom. The summed E-state index contributed by atoms with van der Waals surface area (Å²) in [5.74, 6) is -0.280. The van der Waals surface area contributed by atoms with E-state index in [1.807, 2.05) is 36.6 Å². The highest BCUT2D eigenvalue weighted by atomic mass is 32.1. The number of rotatable bonds is 5. The number of thiazole rings is 1. The van der Waals surface area contributed by atoms with Crippen molar-refractivity contribution in [1.82, 2.24) is 15.6 Å². The Kier molecular flexibility index (Phi) is 5.11. The number of nitrogens with zero attached hydrogens (tertiary/aromatic N) is 1. The van der Waals surface area contributed by atoms with Gasteiger partial charge in [0, 0.05) is 17.5 Å². The molecule has 4 N–H and O–H groups in total. The Balaban J connectivity index is 1.91. The van der Waals surface area contributed by atoms with E-state index >= 15 is 0 Å². The second kappa shape index (κ2) is 7.04. The van der Waals surface area contributed by atoms with E-state index in [9.17, 15) is 9.59 Å². The van der Waals surface area contributed by atoms with Gasteiger partial charge in [0.05, 0.1) is 10.7 Å². The molecule has 0 aliphatic carbocycles. The molecule has 2 rings (SSSR count). The highest BCUT2D eigenvalue weighted by Crippen LogP contribution is 2.21. The number of amides is 3. The first-order chi connectivity index (χ1) is 10.5. The Labute approximate surface area is 132 Å². The van der Waals surface area contributed by atoms with Gasteiger partial charge in [-0.25, -0.2) is 9.78 Å². The third-order valence-electron chi connectivity index (χ3n) is 3.09. The van der Waals surface area contributed by atoms with Crippen LogP contribution in [0.2, 0.25) is 0 Å². The molecule has 1 atom stereocenters. The van der Waals surface area contributed by atoms with Gasteiger partial charge in [0.2, 0.25) is 5.91 Å².